The summed E-state index contributed by atoms with van der Waals surface area (Å²) in [5.41, 5.74) is 0. The summed E-state index contributed by atoms with van der Waals surface area (Å²) in [7, 11) is -3.61. The number of rotatable bonds is 9. The maximum atomic E-state index is 11.0. The van der Waals surface area contributed by atoms with Crippen molar-refractivity contribution in [3.63, 3.8) is 0 Å². The summed E-state index contributed by atoms with van der Waals surface area (Å²) in [4.78, 5) is 4.53. The van der Waals surface area contributed by atoms with Gasteiger partial charge in [0.15, 0.2) is 0 Å². The Morgan fingerprint density at radius 1 is 1.20 bits per heavy atom. The zero-order valence-corrected chi connectivity index (χ0v) is 12.3. The summed E-state index contributed by atoms with van der Waals surface area (Å²) in [5.74, 6) is -0.211. The summed E-state index contributed by atoms with van der Waals surface area (Å²) in [6, 6.07) is 0. The van der Waals surface area contributed by atoms with Crippen LogP contribution in [0.2, 0.25) is 0 Å². The van der Waals surface area contributed by atoms with Crippen molar-refractivity contribution in [2.24, 2.45) is 0 Å². The Hall–Kier alpha value is 0.830. The molecule has 0 heterocycles. The molecular weight excluding hydrogens is 231 g/mol. The summed E-state index contributed by atoms with van der Waals surface area (Å²) < 4.78 is 26.2. The van der Waals surface area contributed by atoms with Crippen molar-refractivity contribution >= 4 is 39.7 Å². The number of hydrogen-bond acceptors (Lipinski definition) is 5. The zero-order valence-electron chi connectivity index (χ0n) is 9.44. The van der Waals surface area contributed by atoms with E-state index in [9.17, 15) is 8.42 Å². The normalized spacial score (nSPS) is 11.1. The van der Waals surface area contributed by atoms with Gasteiger partial charge in [0.25, 0.3) is 10.1 Å². The molecule has 0 aliphatic rings. The van der Waals surface area contributed by atoms with Crippen LogP contribution in [-0.2, 0) is 19.3 Å². The molecule has 0 bridgehead atoms. The third-order valence-corrected chi connectivity index (χ3v) is 2.63. The fourth-order valence-corrected chi connectivity index (χ4v) is 1.56. The van der Waals surface area contributed by atoms with Crippen LogP contribution >= 0.6 is 0 Å². The van der Waals surface area contributed by atoms with Gasteiger partial charge >= 0.3 is 0 Å². The molecule has 0 aromatic carbocycles. The minimum Gasteiger partial charge on any atom is -0.396 e. The molecule has 15 heavy (non-hydrogen) atoms. The summed E-state index contributed by atoms with van der Waals surface area (Å²) in [6.07, 6.45) is 2.98. The molecule has 0 aromatic heterocycles. The molecule has 0 aliphatic heterocycles. The Morgan fingerprint density at radius 2 is 1.87 bits per heavy atom. The molecule has 0 atom stereocenters. The van der Waals surface area contributed by atoms with Gasteiger partial charge in [0.05, 0.1) is 12.4 Å². The Labute approximate surface area is 113 Å². The molecule has 0 unspecified atom stereocenters. The summed E-state index contributed by atoms with van der Waals surface area (Å²) in [5, 5.41) is 8.41. The molecule has 0 fully saturated rings. The maximum absolute atomic E-state index is 11.0. The van der Waals surface area contributed by atoms with Gasteiger partial charge in [-0.2, -0.15) is 8.42 Å². The van der Waals surface area contributed by atoms with Gasteiger partial charge in [0.2, 0.25) is 0 Å². The van der Waals surface area contributed by atoms with E-state index in [2.05, 4.69) is 9.22 Å². The largest absolute Gasteiger partial charge is 0.396 e. The van der Waals surface area contributed by atoms with E-state index in [1.807, 2.05) is 6.92 Å². The van der Waals surface area contributed by atoms with Crippen LogP contribution in [0.5, 0.6) is 0 Å². The van der Waals surface area contributed by atoms with Gasteiger partial charge in [-0.15, -0.1) is 4.33 Å². The monoisotopic (exact) mass is 249 g/mol. The first-order valence-corrected chi connectivity index (χ1v) is 6.34. The third-order valence-electron chi connectivity index (χ3n) is 1.54. The van der Waals surface area contributed by atoms with E-state index >= 15 is 0 Å². The molecule has 1 radical (unpaired) electrons. The van der Waals surface area contributed by atoms with Gasteiger partial charge in [-0.1, -0.05) is 19.8 Å². The average Bonchev–Trinajstić information content (AvgIpc) is 2.15. The van der Waals surface area contributed by atoms with E-state index in [4.69, 9.17) is 5.11 Å². The number of aliphatic hydroxyl groups excluding tert-OH is 1. The van der Waals surface area contributed by atoms with Crippen molar-refractivity contribution in [1.29, 1.82) is 0 Å². The molecule has 0 spiro atoms. The second-order valence-corrected chi connectivity index (χ2v) is 4.60. The van der Waals surface area contributed by atoms with Gasteiger partial charge in [-0.05, 0) is 12.8 Å². The van der Waals surface area contributed by atoms with Crippen LogP contribution in [0.1, 0.15) is 32.6 Å². The molecular formula is C8H18NaO5S. The smallest absolute Gasteiger partial charge is 0.293 e. The van der Waals surface area contributed by atoms with Crippen LogP contribution in [-0.4, -0.2) is 62.0 Å². The van der Waals surface area contributed by atoms with Gasteiger partial charge in [-0.25, -0.2) is 4.89 Å². The quantitative estimate of drug-likeness (QED) is 0.278. The van der Waals surface area contributed by atoms with Gasteiger partial charge in [-0.3, -0.25) is 0 Å². The van der Waals surface area contributed by atoms with Crippen molar-refractivity contribution in [3.8, 4) is 0 Å². The topological polar surface area (TPSA) is 72.8 Å². The SMILES string of the molecule is CCCCCOOS(=O)(=O)CCCO.[Na]. The molecule has 0 rings (SSSR count). The number of aliphatic hydroxyl groups is 1. The van der Waals surface area contributed by atoms with Crippen LogP contribution in [0, 0.1) is 0 Å². The molecule has 0 amide bonds. The van der Waals surface area contributed by atoms with Crippen molar-refractivity contribution in [3.05, 3.63) is 0 Å². The minimum atomic E-state index is -3.61. The van der Waals surface area contributed by atoms with Crippen LogP contribution in [0.3, 0.4) is 0 Å². The number of unbranched alkanes of at least 4 members (excludes halogenated alkanes) is 2. The van der Waals surface area contributed by atoms with Crippen molar-refractivity contribution in [1.82, 2.24) is 0 Å². The van der Waals surface area contributed by atoms with E-state index in [1.54, 1.807) is 0 Å². The minimum absolute atomic E-state index is 0. The van der Waals surface area contributed by atoms with Crippen LogP contribution in [0.25, 0.3) is 0 Å². The molecule has 5 nitrogen and oxygen atoms in total. The Kier molecular flexibility index (Phi) is 13.7. The van der Waals surface area contributed by atoms with E-state index in [1.165, 1.54) is 0 Å². The fraction of sp³-hybridized carbons (Fsp3) is 1.00. The third kappa shape index (κ3) is 12.8. The molecule has 7 heteroatoms. The van der Waals surface area contributed by atoms with Crippen LogP contribution < -0.4 is 0 Å². The standard InChI is InChI=1S/C8H18O5S.Na/c1-2-3-4-7-12-13-14(10,11)8-5-6-9;/h9H,2-8H2,1H3;. The van der Waals surface area contributed by atoms with Gasteiger partial charge in [0.1, 0.15) is 0 Å². The first-order chi connectivity index (χ1) is 6.62. The second kappa shape index (κ2) is 11.3. The Balaban J connectivity index is 0. The fourth-order valence-electron chi connectivity index (χ4n) is 0.794. The average molecular weight is 249 g/mol. The van der Waals surface area contributed by atoms with Crippen molar-refractivity contribution in [2.45, 2.75) is 32.6 Å². The van der Waals surface area contributed by atoms with Crippen LogP contribution in [0.4, 0.5) is 0 Å². The first-order valence-electron chi connectivity index (χ1n) is 4.77. The predicted molar refractivity (Wildman–Crippen MR) is 57.8 cm³/mol. The molecule has 0 aromatic rings. The van der Waals surface area contributed by atoms with Gasteiger partial charge < -0.3 is 5.11 Å². The van der Waals surface area contributed by atoms with E-state index in [0.717, 1.165) is 19.3 Å². The number of hydrogen-bond donors (Lipinski definition) is 1. The van der Waals surface area contributed by atoms with E-state index in [0.29, 0.717) is 0 Å². The second-order valence-electron chi connectivity index (χ2n) is 2.94. The predicted octanol–water partition coefficient (Wildman–Crippen LogP) is 0.456. The van der Waals surface area contributed by atoms with Crippen LogP contribution in [0.15, 0.2) is 0 Å². The van der Waals surface area contributed by atoms with E-state index in [-0.39, 0.29) is 54.9 Å². The van der Waals surface area contributed by atoms with Crippen molar-refractivity contribution in [2.75, 3.05) is 19.0 Å². The molecule has 0 saturated heterocycles. The molecule has 0 saturated carbocycles. The zero-order chi connectivity index (χ0) is 10.9. The Bertz CT molecular complexity index is 217. The Morgan fingerprint density at radius 3 is 2.40 bits per heavy atom. The molecule has 1 N–H and O–H groups in total. The van der Waals surface area contributed by atoms with Gasteiger partial charge in [0, 0.05) is 36.2 Å². The van der Waals surface area contributed by atoms with E-state index < -0.39 is 10.1 Å². The molecule has 0 aliphatic carbocycles. The van der Waals surface area contributed by atoms with Crippen molar-refractivity contribution < 1.29 is 22.7 Å². The summed E-state index contributed by atoms with van der Waals surface area (Å²) >= 11 is 0. The first kappa shape index (κ1) is 18.2. The molecule has 87 valence electrons. The maximum Gasteiger partial charge on any atom is 0.293 e. The summed E-state index contributed by atoms with van der Waals surface area (Å²) in [6.45, 7) is 2.16.